The van der Waals surface area contributed by atoms with Crippen LogP contribution in [0.3, 0.4) is 0 Å². The maximum absolute atomic E-state index is 12.7. The molecule has 6 nitrogen and oxygen atoms in total. The molecule has 1 aromatic heterocycles. The minimum absolute atomic E-state index is 0.0321. The number of piperazine rings is 1. The van der Waals surface area contributed by atoms with E-state index in [9.17, 15) is 9.59 Å². The zero-order valence-corrected chi connectivity index (χ0v) is 13.4. The van der Waals surface area contributed by atoms with Crippen LogP contribution in [0.4, 0.5) is 0 Å². The molecule has 1 fully saturated rings. The molecule has 2 rings (SSSR count). The van der Waals surface area contributed by atoms with Crippen molar-refractivity contribution in [2.45, 2.75) is 51.6 Å². The van der Waals surface area contributed by atoms with Gasteiger partial charge in [0.1, 0.15) is 11.1 Å². The molecule has 1 saturated heterocycles. The van der Waals surface area contributed by atoms with Crippen molar-refractivity contribution in [1.82, 2.24) is 20.0 Å². The number of rotatable bonds is 4. The Morgan fingerprint density at radius 2 is 1.95 bits per heavy atom. The van der Waals surface area contributed by atoms with Crippen molar-refractivity contribution in [2.75, 3.05) is 6.54 Å². The van der Waals surface area contributed by atoms with Crippen molar-refractivity contribution in [1.29, 1.82) is 0 Å². The molecule has 1 N–H and O–H groups in total. The smallest absolute Gasteiger partial charge is 0.248 e. The fourth-order valence-electron chi connectivity index (χ4n) is 2.70. The first-order chi connectivity index (χ1) is 9.70. The molecule has 2 amide bonds. The number of carbonyl (C=O) groups is 2. The summed E-state index contributed by atoms with van der Waals surface area (Å²) in [7, 11) is 1.86. The monoisotopic (exact) mass is 292 g/mol. The number of nitrogens with one attached hydrogen (secondary N) is 1. The highest BCUT2D eigenvalue weighted by Crippen LogP contribution is 2.29. The summed E-state index contributed by atoms with van der Waals surface area (Å²) < 4.78 is 1.74. The lowest BCUT2D eigenvalue weighted by atomic mass is 9.86. The zero-order chi connectivity index (χ0) is 15.8. The first-order valence-electron chi connectivity index (χ1n) is 7.33. The number of hydrogen-bond donors (Lipinski definition) is 1. The minimum atomic E-state index is -0.847. The van der Waals surface area contributed by atoms with Crippen LogP contribution in [0, 0.1) is 0 Å². The lowest BCUT2D eigenvalue weighted by Crippen LogP contribution is -2.73. The molecule has 21 heavy (non-hydrogen) atoms. The molecule has 1 unspecified atom stereocenters. The molecule has 116 valence electrons. The van der Waals surface area contributed by atoms with Crippen molar-refractivity contribution in [2.24, 2.45) is 7.05 Å². The average Bonchev–Trinajstić information content (AvgIpc) is 2.82. The summed E-state index contributed by atoms with van der Waals surface area (Å²) in [5.41, 5.74) is -0.567. The fraction of sp³-hybridized carbons (Fsp3) is 0.667. The Hall–Kier alpha value is -1.85. The highest BCUT2D eigenvalue weighted by Gasteiger charge is 2.51. The lowest BCUT2D eigenvalue weighted by Gasteiger charge is -2.49. The Morgan fingerprint density at radius 3 is 2.48 bits per heavy atom. The zero-order valence-electron chi connectivity index (χ0n) is 13.4. The Kier molecular flexibility index (Phi) is 3.82. The van der Waals surface area contributed by atoms with Crippen molar-refractivity contribution in [3.63, 3.8) is 0 Å². The molecule has 0 bridgehead atoms. The molecule has 1 atom stereocenters. The van der Waals surface area contributed by atoms with E-state index < -0.39 is 11.1 Å². The molecule has 1 aliphatic rings. The Balaban J connectivity index is 2.22. The summed E-state index contributed by atoms with van der Waals surface area (Å²) >= 11 is 0. The lowest BCUT2D eigenvalue weighted by molar-refractivity contribution is -0.160. The maximum atomic E-state index is 12.7. The van der Waals surface area contributed by atoms with Crippen LogP contribution in [0.15, 0.2) is 12.4 Å². The van der Waals surface area contributed by atoms with Crippen molar-refractivity contribution < 1.29 is 9.59 Å². The number of nitrogens with zero attached hydrogens (tertiary/aromatic N) is 3. The van der Waals surface area contributed by atoms with Gasteiger partial charge < -0.3 is 10.2 Å². The summed E-state index contributed by atoms with van der Waals surface area (Å²) in [4.78, 5) is 26.8. The van der Waals surface area contributed by atoms with Crippen LogP contribution in [-0.4, -0.2) is 44.1 Å². The van der Waals surface area contributed by atoms with E-state index in [2.05, 4.69) is 10.4 Å². The van der Waals surface area contributed by atoms with Crippen LogP contribution in [0.1, 0.15) is 39.7 Å². The van der Waals surface area contributed by atoms with Crippen LogP contribution < -0.4 is 5.32 Å². The third-order valence-corrected chi connectivity index (χ3v) is 4.36. The van der Waals surface area contributed by atoms with E-state index in [0.29, 0.717) is 19.4 Å². The Morgan fingerprint density at radius 1 is 1.29 bits per heavy atom. The van der Waals surface area contributed by atoms with Crippen LogP contribution in [0.25, 0.3) is 0 Å². The standard InChI is InChI=1S/C15H24N4O2/c1-6-15(4)12(20)17-14(2,3)13(21)19(15)8-7-11-9-16-18(5)10-11/h9-10H,6-8H2,1-5H3,(H,17,20). The fourth-order valence-corrected chi connectivity index (χ4v) is 2.70. The number of hydrogen-bond acceptors (Lipinski definition) is 3. The second-order valence-corrected chi connectivity index (χ2v) is 6.44. The van der Waals surface area contributed by atoms with E-state index in [0.717, 1.165) is 5.56 Å². The van der Waals surface area contributed by atoms with Gasteiger partial charge in [0.05, 0.1) is 6.20 Å². The highest BCUT2D eigenvalue weighted by atomic mass is 16.2. The van der Waals surface area contributed by atoms with Gasteiger partial charge in [0, 0.05) is 19.8 Å². The molecule has 0 aromatic carbocycles. The molecule has 2 heterocycles. The van der Waals surface area contributed by atoms with Crippen LogP contribution >= 0.6 is 0 Å². The van der Waals surface area contributed by atoms with Gasteiger partial charge in [0.2, 0.25) is 11.8 Å². The summed E-state index contributed by atoms with van der Waals surface area (Å²) in [5.74, 6) is -0.115. The molecule has 0 radical (unpaired) electrons. The van der Waals surface area contributed by atoms with Crippen molar-refractivity contribution in [3.8, 4) is 0 Å². The second kappa shape index (κ2) is 5.16. The van der Waals surface area contributed by atoms with Gasteiger partial charge in [-0.2, -0.15) is 5.10 Å². The average molecular weight is 292 g/mol. The van der Waals surface area contributed by atoms with Gasteiger partial charge in [-0.1, -0.05) is 6.92 Å². The van der Waals surface area contributed by atoms with Gasteiger partial charge in [-0.05, 0) is 39.2 Å². The van der Waals surface area contributed by atoms with E-state index in [-0.39, 0.29) is 11.8 Å². The largest absolute Gasteiger partial charge is 0.340 e. The summed E-state index contributed by atoms with van der Waals surface area (Å²) in [6, 6.07) is 0. The van der Waals surface area contributed by atoms with Gasteiger partial charge >= 0.3 is 0 Å². The van der Waals surface area contributed by atoms with Gasteiger partial charge in [0.15, 0.2) is 0 Å². The second-order valence-electron chi connectivity index (χ2n) is 6.44. The molecule has 6 heteroatoms. The predicted octanol–water partition coefficient (Wildman–Crippen LogP) is 0.868. The summed E-state index contributed by atoms with van der Waals surface area (Å²) in [6.45, 7) is 7.78. The van der Waals surface area contributed by atoms with Crippen LogP contribution in [-0.2, 0) is 23.1 Å². The first-order valence-corrected chi connectivity index (χ1v) is 7.33. The number of aryl methyl sites for hydroxylation is 1. The Labute approximate surface area is 125 Å². The SMILES string of the molecule is CCC1(C)C(=O)NC(C)(C)C(=O)N1CCc1cnn(C)c1. The molecule has 0 aliphatic carbocycles. The normalized spacial score (nSPS) is 25.1. The summed E-state index contributed by atoms with van der Waals surface area (Å²) in [5, 5.41) is 6.97. The molecular formula is C15H24N4O2. The minimum Gasteiger partial charge on any atom is -0.340 e. The third kappa shape index (κ3) is 2.66. The van der Waals surface area contributed by atoms with E-state index >= 15 is 0 Å². The van der Waals surface area contributed by atoms with Crippen LogP contribution in [0.5, 0.6) is 0 Å². The third-order valence-electron chi connectivity index (χ3n) is 4.36. The Bertz CT molecular complexity index is 564. The van der Waals surface area contributed by atoms with E-state index in [1.807, 2.05) is 27.1 Å². The predicted molar refractivity (Wildman–Crippen MR) is 79.5 cm³/mol. The molecule has 0 saturated carbocycles. The first kappa shape index (κ1) is 15.5. The number of aromatic nitrogens is 2. The quantitative estimate of drug-likeness (QED) is 0.895. The van der Waals surface area contributed by atoms with Gasteiger partial charge in [0.25, 0.3) is 0 Å². The topological polar surface area (TPSA) is 67.2 Å². The summed E-state index contributed by atoms with van der Waals surface area (Å²) in [6.07, 6.45) is 5.01. The van der Waals surface area contributed by atoms with Crippen LogP contribution in [0.2, 0.25) is 0 Å². The van der Waals surface area contributed by atoms with Crippen molar-refractivity contribution >= 4 is 11.8 Å². The highest BCUT2D eigenvalue weighted by molar-refractivity contribution is 6.01. The number of amides is 2. The van der Waals surface area contributed by atoms with E-state index in [1.165, 1.54) is 0 Å². The van der Waals surface area contributed by atoms with Gasteiger partial charge in [-0.25, -0.2) is 0 Å². The molecule has 0 spiro atoms. The van der Waals surface area contributed by atoms with E-state index in [1.54, 1.807) is 29.6 Å². The molecule has 1 aromatic rings. The number of carbonyl (C=O) groups excluding carboxylic acids is 2. The van der Waals surface area contributed by atoms with E-state index in [4.69, 9.17) is 0 Å². The molecular weight excluding hydrogens is 268 g/mol. The van der Waals surface area contributed by atoms with Gasteiger partial charge in [-0.15, -0.1) is 0 Å². The van der Waals surface area contributed by atoms with Gasteiger partial charge in [-0.3, -0.25) is 14.3 Å². The molecule has 1 aliphatic heterocycles. The van der Waals surface area contributed by atoms with Crippen molar-refractivity contribution in [3.05, 3.63) is 18.0 Å². The maximum Gasteiger partial charge on any atom is 0.248 e.